The van der Waals surface area contributed by atoms with E-state index in [9.17, 15) is 0 Å². The molecule has 1 rings (SSSR count). The fraction of sp³-hybridized carbons (Fsp3) is 0.462. The second kappa shape index (κ2) is 9.24. The summed E-state index contributed by atoms with van der Waals surface area (Å²) in [6, 6.07) is 7.74. The number of halogens is 2. The van der Waals surface area contributed by atoms with Gasteiger partial charge in [-0.15, -0.1) is 0 Å². The van der Waals surface area contributed by atoms with Gasteiger partial charge in [-0.2, -0.15) is 5.10 Å². The van der Waals surface area contributed by atoms with Crippen molar-refractivity contribution in [1.82, 2.24) is 4.78 Å². The minimum atomic E-state index is -2.06. The summed E-state index contributed by atoms with van der Waals surface area (Å²) in [5.74, 6) is 0.807. The summed E-state index contributed by atoms with van der Waals surface area (Å²) in [6.07, 6.45) is 2.62. The van der Waals surface area contributed by atoms with Crippen molar-refractivity contribution in [3.05, 3.63) is 29.8 Å². The van der Waals surface area contributed by atoms with Crippen LogP contribution in [0.5, 0.6) is 5.75 Å². The molecule has 0 heterocycles. The van der Waals surface area contributed by atoms with Gasteiger partial charge in [0, 0.05) is 14.4 Å². The fourth-order valence-electron chi connectivity index (χ4n) is 1.34. The zero-order chi connectivity index (χ0) is 16.8. The van der Waals surface area contributed by atoms with Crippen molar-refractivity contribution in [2.24, 2.45) is 5.10 Å². The highest BCUT2D eigenvalue weighted by Gasteiger charge is 2.21. The van der Waals surface area contributed by atoms with E-state index in [0.29, 0.717) is 4.17 Å². The lowest BCUT2D eigenvalue weighted by Gasteiger charge is -2.24. The number of hydrogen-bond donors (Lipinski definition) is 0. The van der Waals surface area contributed by atoms with Crippen LogP contribution >= 0.6 is 46.7 Å². The van der Waals surface area contributed by atoms with Gasteiger partial charge in [0.2, 0.25) is 0 Å². The Hall–Kier alpha value is 0.680. The lowest BCUT2D eigenvalue weighted by atomic mass is 10.2. The molecule has 0 saturated heterocycles. The summed E-state index contributed by atoms with van der Waals surface area (Å²) >= 11 is 18.9. The van der Waals surface area contributed by atoms with Crippen LogP contribution in [0.1, 0.15) is 25.8 Å². The molecule has 0 spiro atoms. The van der Waals surface area contributed by atoms with Crippen molar-refractivity contribution in [1.29, 1.82) is 0 Å². The maximum Gasteiger partial charge on any atom is 0.157 e. The third kappa shape index (κ3) is 6.29. The Balaban J connectivity index is 2.78. The lowest BCUT2D eigenvalue weighted by Crippen LogP contribution is -2.23. The first-order valence-electron chi connectivity index (χ1n) is 6.53. The average molecular weight is 507 g/mol. The molecular formula is C13H18ClIN2OP2S2. The summed E-state index contributed by atoms with van der Waals surface area (Å²) in [5, 5.41) is 4.01. The summed E-state index contributed by atoms with van der Waals surface area (Å²) in [6.45, 7) is 4.09. The highest BCUT2D eigenvalue weighted by Crippen LogP contribution is 2.55. The van der Waals surface area contributed by atoms with Crippen molar-refractivity contribution in [3.63, 3.8) is 0 Å². The summed E-state index contributed by atoms with van der Waals surface area (Å²) < 4.78 is 8.34. The third-order valence-electron chi connectivity index (χ3n) is 3.02. The molecule has 2 unspecified atom stereocenters. The molecule has 0 aliphatic heterocycles. The monoisotopic (exact) mass is 506 g/mol. The average Bonchev–Trinajstić information content (AvgIpc) is 2.53. The zero-order valence-electron chi connectivity index (χ0n) is 12.6. The SMILES string of the molecule is CCC(C)(Oc1ccc(/C=N/N(C)P(=S)(Cl)CI)cc1)P=S. The molecule has 0 aliphatic carbocycles. The van der Waals surface area contributed by atoms with Crippen molar-refractivity contribution >= 4 is 76.6 Å². The van der Waals surface area contributed by atoms with Gasteiger partial charge in [0.1, 0.15) is 11.3 Å². The van der Waals surface area contributed by atoms with Crippen LogP contribution in [0.3, 0.4) is 0 Å². The molecular weight excluding hydrogens is 489 g/mol. The maximum atomic E-state index is 6.27. The molecule has 0 bridgehead atoms. The molecule has 1 aromatic carbocycles. The molecule has 0 N–H and O–H groups in total. The third-order valence-corrected chi connectivity index (χ3v) is 13.9. The first-order chi connectivity index (χ1) is 10.3. The first kappa shape index (κ1) is 20.7. The van der Waals surface area contributed by atoms with E-state index in [1.54, 1.807) is 11.0 Å². The van der Waals surface area contributed by atoms with Gasteiger partial charge in [0.15, 0.2) is 5.34 Å². The van der Waals surface area contributed by atoms with Crippen molar-refractivity contribution in [3.8, 4) is 5.75 Å². The van der Waals surface area contributed by atoms with Crippen LogP contribution in [-0.2, 0) is 23.6 Å². The molecule has 1 aromatic rings. The van der Waals surface area contributed by atoms with Crippen molar-refractivity contribution in [2.75, 3.05) is 11.2 Å². The second-order valence-electron chi connectivity index (χ2n) is 4.76. The predicted octanol–water partition coefficient (Wildman–Crippen LogP) is 5.81. The Kier molecular flexibility index (Phi) is 8.70. The van der Waals surface area contributed by atoms with Gasteiger partial charge < -0.3 is 4.74 Å². The fourth-order valence-corrected chi connectivity index (χ4v) is 4.04. The number of alkyl halides is 1. The van der Waals surface area contributed by atoms with E-state index in [4.69, 9.17) is 39.6 Å². The Morgan fingerprint density at radius 3 is 2.55 bits per heavy atom. The van der Waals surface area contributed by atoms with Crippen LogP contribution in [0.4, 0.5) is 0 Å². The van der Waals surface area contributed by atoms with E-state index < -0.39 is 5.54 Å². The minimum absolute atomic E-state index is 0.323. The zero-order valence-corrected chi connectivity index (χ0v) is 18.9. The number of benzene rings is 1. The van der Waals surface area contributed by atoms with E-state index in [1.807, 2.05) is 38.2 Å². The highest BCUT2D eigenvalue weighted by molar-refractivity contribution is 14.1. The molecule has 9 heteroatoms. The lowest BCUT2D eigenvalue weighted by molar-refractivity contribution is 0.180. The number of ether oxygens (including phenoxy) is 1. The molecule has 0 fully saturated rings. The van der Waals surface area contributed by atoms with Crippen molar-refractivity contribution in [2.45, 2.75) is 25.6 Å². The van der Waals surface area contributed by atoms with Crippen LogP contribution in [0.2, 0.25) is 0 Å². The summed E-state index contributed by atoms with van der Waals surface area (Å²) in [7, 11) is 2.62. The predicted molar refractivity (Wildman–Crippen MR) is 114 cm³/mol. The van der Waals surface area contributed by atoms with Gasteiger partial charge in [-0.3, -0.25) is 4.78 Å². The topological polar surface area (TPSA) is 24.8 Å². The largest absolute Gasteiger partial charge is 0.478 e. The number of rotatable bonds is 8. The minimum Gasteiger partial charge on any atom is -0.478 e. The quantitative estimate of drug-likeness (QED) is 0.146. The Morgan fingerprint density at radius 2 is 2.09 bits per heavy atom. The van der Waals surface area contributed by atoms with Gasteiger partial charge in [-0.1, -0.05) is 64.4 Å². The van der Waals surface area contributed by atoms with Crippen LogP contribution < -0.4 is 4.74 Å². The van der Waals surface area contributed by atoms with Crippen LogP contribution in [0.25, 0.3) is 0 Å². The summed E-state index contributed by atoms with van der Waals surface area (Å²) in [5.41, 5.74) is -1.09. The Bertz CT molecular complexity index is 588. The van der Waals surface area contributed by atoms with Gasteiger partial charge in [-0.25, -0.2) is 0 Å². The maximum absolute atomic E-state index is 6.27. The normalized spacial score (nSPS) is 17.1. The second-order valence-corrected chi connectivity index (χ2v) is 14.6. The number of hydrogen-bond acceptors (Lipinski definition) is 4. The van der Waals surface area contributed by atoms with Crippen LogP contribution in [0.15, 0.2) is 29.4 Å². The van der Waals surface area contributed by atoms with E-state index in [-0.39, 0.29) is 5.34 Å². The van der Waals surface area contributed by atoms with Gasteiger partial charge >= 0.3 is 0 Å². The van der Waals surface area contributed by atoms with Crippen molar-refractivity contribution < 1.29 is 4.74 Å². The van der Waals surface area contributed by atoms with E-state index in [1.165, 1.54) is 0 Å². The molecule has 2 atom stereocenters. The standard InChI is InChI=1S/C13H18ClIN2OP2S2/c1-4-13(2,19-21)18-12-7-5-11(6-8-12)9-16-17(3)20(14,22)10-15/h5-9H,4,10H2,1-3H3/b16-9+. The van der Waals surface area contributed by atoms with Gasteiger partial charge in [0.25, 0.3) is 0 Å². The molecule has 0 saturated carbocycles. The molecule has 0 radical (unpaired) electrons. The Labute approximate surface area is 162 Å². The van der Waals surface area contributed by atoms with Crippen LogP contribution in [0, 0.1) is 0 Å². The van der Waals surface area contributed by atoms with Gasteiger partial charge in [0.05, 0.1) is 10.4 Å². The number of hydrazone groups is 1. The molecule has 0 aliphatic rings. The molecule has 0 aromatic heterocycles. The molecule has 0 amide bonds. The number of nitrogens with zero attached hydrogens (tertiary/aromatic N) is 2. The van der Waals surface area contributed by atoms with Crippen LogP contribution in [-0.4, -0.2) is 27.6 Å². The van der Waals surface area contributed by atoms with E-state index >= 15 is 0 Å². The molecule has 122 valence electrons. The molecule has 3 nitrogen and oxygen atoms in total. The van der Waals surface area contributed by atoms with E-state index in [2.05, 4.69) is 34.6 Å². The van der Waals surface area contributed by atoms with Gasteiger partial charge in [-0.05, 0) is 43.2 Å². The first-order valence-corrected chi connectivity index (χ1v) is 13.8. The smallest absolute Gasteiger partial charge is 0.157 e. The highest BCUT2D eigenvalue weighted by atomic mass is 127. The summed E-state index contributed by atoms with van der Waals surface area (Å²) in [4.78, 5) is 0. The molecule has 22 heavy (non-hydrogen) atoms. The van der Waals surface area contributed by atoms with E-state index in [0.717, 1.165) is 25.1 Å². The Morgan fingerprint density at radius 1 is 1.50 bits per heavy atom.